The summed E-state index contributed by atoms with van der Waals surface area (Å²) in [5.74, 6) is 0. The molecule has 0 spiro atoms. The van der Waals surface area contributed by atoms with Crippen LogP contribution in [0.15, 0.2) is 29.4 Å². The molecule has 0 atom stereocenters. The van der Waals surface area contributed by atoms with Gasteiger partial charge in [0.1, 0.15) is 0 Å². The molecule has 3 heteroatoms. The maximum Gasteiger partial charge on any atom is 0.0734 e. The second-order valence-corrected chi connectivity index (χ2v) is 3.17. The Kier molecular flexibility index (Phi) is 3.31. The Balaban J connectivity index is 2.79. The molecule has 0 saturated carbocycles. The molecule has 0 heterocycles. The minimum atomic E-state index is 0.404. The highest BCUT2D eigenvalue weighted by Crippen LogP contribution is 2.10. The van der Waals surface area contributed by atoms with Crippen molar-refractivity contribution in [1.29, 1.82) is 0 Å². The second-order valence-electron chi connectivity index (χ2n) is 3.17. The second kappa shape index (κ2) is 4.50. The highest BCUT2D eigenvalue weighted by Gasteiger charge is 1.95. The fourth-order valence-electron chi connectivity index (χ4n) is 1.11. The van der Waals surface area contributed by atoms with Crippen LogP contribution in [-0.2, 0) is 0 Å². The molecule has 1 aromatic rings. The maximum atomic E-state index is 8.34. The van der Waals surface area contributed by atoms with E-state index in [4.69, 9.17) is 5.21 Å². The van der Waals surface area contributed by atoms with Crippen molar-refractivity contribution in [2.45, 2.75) is 19.9 Å². The van der Waals surface area contributed by atoms with E-state index in [-0.39, 0.29) is 0 Å². The van der Waals surface area contributed by atoms with Gasteiger partial charge in [-0.15, -0.1) is 0 Å². The van der Waals surface area contributed by atoms with E-state index in [0.29, 0.717) is 6.04 Å². The van der Waals surface area contributed by atoms with Crippen molar-refractivity contribution in [3.05, 3.63) is 29.8 Å². The summed E-state index contributed by atoms with van der Waals surface area (Å²) >= 11 is 0. The largest absolute Gasteiger partial charge is 0.411 e. The van der Waals surface area contributed by atoms with Crippen LogP contribution in [0.2, 0.25) is 0 Å². The zero-order valence-electron chi connectivity index (χ0n) is 7.86. The number of oxime groups is 1. The third kappa shape index (κ3) is 3.15. The van der Waals surface area contributed by atoms with E-state index in [1.165, 1.54) is 6.21 Å². The highest BCUT2D eigenvalue weighted by atomic mass is 16.4. The van der Waals surface area contributed by atoms with Crippen molar-refractivity contribution in [3.63, 3.8) is 0 Å². The molecule has 0 aliphatic heterocycles. The molecule has 70 valence electrons. The van der Waals surface area contributed by atoms with E-state index in [9.17, 15) is 0 Å². The fourth-order valence-corrected chi connectivity index (χ4v) is 1.11. The summed E-state index contributed by atoms with van der Waals surface area (Å²) in [6.07, 6.45) is 1.41. The minimum absolute atomic E-state index is 0.404. The summed E-state index contributed by atoms with van der Waals surface area (Å²) in [5.41, 5.74) is 1.92. The van der Waals surface area contributed by atoms with Gasteiger partial charge in [-0.1, -0.05) is 17.3 Å². The molecular weight excluding hydrogens is 164 g/mol. The molecule has 0 aromatic heterocycles. The van der Waals surface area contributed by atoms with Crippen molar-refractivity contribution in [1.82, 2.24) is 0 Å². The standard InChI is InChI=1S/C10H14N2O/c1-8(2)12-10-5-3-4-9(6-10)7-11-13/h3-8,12-13H,1-2H3. The first kappa shape index (κ1) is 9.58. The van der Waals surface area contributed by atoms with Crippen molar-refractivity contribution >= 4 is 11.9 Å². The van der Waals surface area contributed by atoms with E-state index in [0.717, 1.165) is 11.3 Å². The maximum absolute atomic E-state index is 8.34. The van der Waals surface area contributed by atoms with Crippen LogP contribution in [0.3, 0.4) is 0 Å². The smallest absolute Gasteiger partial charge is 0.0734 e. The first-order valence-corrected chi connectivity index (χ1v) is 4.26. The first-order chi connectivity index (χ1) is 6.22. The van der Waals surface area contributed by atoms with Crippen LogP contribution in [0, 0.1) is 0 Å². The lowest BCUT2D eigenvalue weighted by molar-refractivity contribution is 0.322. The van der Waals surface area contributed by atoms with E-state index in [2.05, 4.69) is 24.3 Å². The number of hydrogen-bond donors (Lipinski definition) is 2. The van der Waals surface area contributed by atoms with Crippen LogP contribution in [0.1, 0.15) is 19.4 Å². The predicted octanol–water partition coefficient (Wildman–Crippen LogP) is 2.31. The molecule has 0 bridgehead atoms. The molecule has 0 saturated heterocycles. The molecule has 1 rings (SSSR count). The molecule has 2 N–H and O–H groups in total. The predicted molar refractivity (Wildman–Crippen MR) is 54.6 cm³/mol. The molecule has 3 nitrogen and oxygen atoms in total. The first-order valence-electron chi connectivity index (χ1n) is 4.26. The van der Waals surface area contributed by atoms with Gasteiger partial charge in [-0.05, 0) is 31.5 Å². The van der Waals surface area contributed by atoms with Crippen LogP contribution < -0.4 is 5.32 Å². The third-order valence-electron chi connectivity index (χ3n) is 1.55. The number of benzene rings is 1. The Hall–Kier alpha value is -1.51. The molecular formula is C10H14N2O. The normalized spacial score (nSPS) is 11.0. The van der Waals surface area contributed by atoms with Crippen molar-refractivity contribution in [3.8, 4) is 0 Å². The van der Waals surface area contributed by atoms with Gasteiger partial charge >= 0.3 is 0 Å². The van der Waals surface area contributed by atoms with Gasteiger partial charge in [0.05, 0.1) is 6.21 Å². The summed E-state index contributed by atoms with van der Waals surface area (Å²) < 4.78 is 0. The van der Waals surface area contributed by atoms with Crippen LogP contribution >= 0.6 is 0 Å². The Morgan fingerprint density at radius 2 is 2.23 bits per heavy atom. The molecule has 0 amide bonds. The van der Waals surface area contributed by atoms with Gasteiger partial charge in [0.25, 0.3) is 0 Å². The molecule has 0 fully saturated rings. The molecule has 0 aliphatic carbocycles. The van der Waals surface area contributed by atoms with Crippen LogP contribution in [-0.4, -0.2) is 17.5 Å². The van der Waals surface area contributed by atoms with Gasteiger partial charge in [-0.25, -0.2) is 0 Å². The summed E-state index contributed by atoms with van der Waals surface area (Å²) in [4.78, 5) is 0. The lowest BCUT2D eigenvalue weighted by Gasteiger charge is -2.09. The van der Waals surface area contributed by atoms with E-state index < -0.39 is 0 Å². The van der Waals surface area contributed by atoms with Gasteiger partial charge in [0, 0.05) is 11.7 Å². The zero-order chi connectivity index (χ0) is 9.68. The van der Waals surface area contributed by atoms with Gasteiger partial charge in [-0.2, -0.15) is 0 Å². The molecule has 0 aliphatic rings. The quantitative estimate of drug-likeness (QED) is 0.424. The Bertz CT molecular complexity index is 295. The lowest BCUT2D eigenvalue weighted by atomic mass is 10.2. The SMILES string of the molecule is CC(C)Nc1cccc(C=NO)c1. The average molecular weight is 178 g/mol. The van der Waals surface area contributed by atoms with Crippen molar-refractivity contribution in [2.75, 3.05) is 5.32 Å². The van der Waals surface area contributed by atoms with E-state index >= 15 is 0 Å². The number of nitrogens with zero attached hydrogens (tertiary/aromatic N) is 1. The highest BCUT2D eigenvalue weighted by molar-refractivity contribution is 5.80. The Labute approximate surface area is 78.1 Å². The Morgan fingerprint density at radius 1 is 1.46 bits per heavy atom. The molecule has 13 heavy (non-hydrogen) atoms. The number of nitrogens with one attached hydrogen (secondary N) is 1. The summed E-state index contributed by atoms with van der Waals surface area (Å²) in [6, 6.07) is 8.11. The van der Waals surface area contributed by atoms with Crippen LogP contribution in [0.25, 0.3) is 0 Å². The van der Waals surface area contributed by atoms with Crippen LogP contribution in [0.5, 0.6) is 0 Å². The molecule has 1 aromatic carbocycles. The van der Waals surface area contributed by atoms with Gasteiger partial charge in [0.2, 0.25) is 0 Å². The van der Waals surface area contributed by atoms with Crippen molar-refractivity contribution < 1.29 is 5.21 Å². The fraction of sp³-hybridized carbons (Fsp3) is 0.300. The van der Waals surface area contributed by atoms with Crippen LogP contribution in [0.4, 0.5) is 5.69 Å². The minimum Gasteiger partial charge on any atom is -0.411 e. The average Bonchev–Trinajstić information content (AvgIpc) is 2.04. The number of rotatable bonds is 3. The lowest BCUT2D eigenvalue weighted by Crippen LogP contribution is -2.09. The van der Waals surface area contributed by atoms with Gasteiger partial charge in [0.15, 0.2) is 0 Å². The third-order valence-corrected chi connectivity index (χ3v) is 1.55. The molecule has 0 radical (unpaired) electrons. The number of anilines is 1. The zero-order valence-corrected chi connectivity index (χ0v) is 7.86. The topological polar surface area (TPSA) is 44.6 Å². The number of hydrogen-bond acceptors (Lipinski definition) is 3. The van der Waals surface area contributed by atoms with Gasteiger partial charge in [-0.3, -0.25) is 0 Å². The monoisotopic (exact) mass is 178 g/mol. The van der Waals surface area contributed by atoms with Gasteiger partial charge < -0.3 is 10.5 Å². The summed E-state index contributed by atoms with van der Waals surface area (Å²) in [5, 5.41) is 14.6. The summed E-state index contributed by atoms with van der Waals surface area (Å²) in [7, 11) is 0. The molecule has 0 unspecified atom stereocenters. The Morgan fingerprint density at radius 3 is 2.85 bits per heavy atom. The van der Waals surface area contributed by atoms with E-state index in [1.807, 2.05) is 24.3 Å². The van der Waals surface area contributed by atoms with E-state index in [1.54, 1.807) is 0 Å². The van der Waals surface area contributed by atoms with Crippen molar-refractivity contribution in [2.24, 2.45) is 5.16 Å². The summed E-state index contributed by atoms with van der Waals surface area (Å²) in [6.45, 7) is 4.15.